The van der Waals surface area contributed by atoms with Crippen LogP contribution in [0.4, 0.5) is 11.4 Å². The Labute approximate surface area is 212 Å². The van der Waals surface area contributed by atoms with E-state index < -0.39 is 10.0 Å². The summed E-state index contributed by atoms with van der Waals surface area (Å²) in [4.78, 5) is 21.1. The molecule has 4 aromatic rings. The maximum atomic E-state index is 13.6. The van der Waals surface area contributed by atoms with E-state index in [9.17, 15) is 13.2 Å². The molecule has 35 heavy (non-hydrogen) atoms. The van der Waals surface area contributed by atoms with Crippen LogP contribution in [0.25, 0.3) is 11.3 Å². The highest BCUT2D eigenvalue weighted by atomic mass is 35.5. The maximum Gasteiger partial charge on any atom is 0.268 e. The van der Waals surface area contributed by atoms with Gasteiger partial charge in [0.1, 0.15) is 4.90 Å². The van der Waals surface area contributed by atoms with Crippen molar-refractivity contribution < 1.29 is 13.2 Å². The van der Waals surface area contributed by atoms with Gasteiger partial charge in [-0.1, -0.05) is 71.9 Å². The molecule has 5 rings (SSSR count). The number of fused-ring (bicyclic) bond motifs is 3. The summed E-state index contributed by atoms with van der Waals surface area (Å²) in [6.45, 7) is 0.160. The second-order valence-electron chi connectivity index (χ2n) is 7.73. The molecule has 3 aromatic carbocycles. The number of carbonyl (C=O) groups excluding carboxylic acids is 1. The third-order valence-electron chi connectivity index (χ3n) is 5.34. The molecular formula is C25H19ClN4O3S2. The zero-order valence-electron chi connectivity index (χ0n) is 18.3. The minimum absolute atomic E-state index is 0.00119. The highest BCUT2D eigenvalue weighted by molar-refractivity contribution is 7.99. The zero-order chi connectivity index (χ0) is 24.4. The van der Waals surface area contributed by atoms with Gasteiger partial charge >= 0.3 is 0 Å². The molecule has 0 atom stereocenters. The first-order valence-electron chi connectivity index (χ1n) is 10.6. The van der Waals surface area contributed by atoms with Crippen molar-refractivity contribution in [3.63, 3.8) is 0 Å². The summed E-state index contributed by atoms with van der Waals surface area (Å²) in [5, 5.41) is 3.56. The lowest BCUT2D eigenvalue weighted by Crippen LogP contribution is -2.34. The van der Waals surface area contributed by atoms with Crippen LogP contribution in [0.2, 0.25) is 5.02 Å². The molecule has 0 bridgehead atoms. The van der Waals surface area contributed by atoms with Crippen molar-refractivity contribution in [2.45, 2.75) is 16.6 Å². The van der Waals surface area contributed by atoms with Crippen LogP contribution in [0.3, 0.4) is 0 Å². The molecule has 1 aromatic heterocycles. The molecule has 0 radical (unpaired) electrons. The first-order valence-corrected chi connectivity index (χ1v) is 13.4. The molecule has 0 saturated heterocycles. The van der Waals surface area contributed by atoms with Gasteiger partial charge in [-0.15, -0.1) is 0 Å². The van der Waals surface area contributed by atoms with Crippen LogP contribution in [-0.4, -0.2) is 30.0 Å². The number of nitrogens with zero attached hydrogens (tertiary/aromatic N) is 3. The summed E-state index contributed by atoms with van der Waals surface area (Å²) in [6, 6.07) is 23.5. The lowest BCUT2D eigenvalue weighted by atomic mass is 10.1. The molecule has 0 aliphatic carbocycles. The van der Waals surface area contributed by atoms with Crippen molar-refractivity contribution in [1.29, 1.82) is 0 Å². The van der Waals surface area contributed by atoms with Crippen molar-refractivity contribution in [2.24, 2.45) is 0 Å². The molecule has 176 valence electrons. The van der Waals surface area contributed by atoms with E-state index in [-0.39, 0.29) is 28.8 Å². The topological polar surface area (TPSA) is 92.3 Å². The first-order chi connectivity index (χ1) is 16.9. The Kier molecular flexibility index (Phi) is 6.46. The van der Waals surface area contributed by atoms with Crippen molar-refractivity contribution in [2.75, 3.05) is 15.4 Å². The highest BCUT2D eigenvalue weighted by Crippen LogP contribution is 2.44. The number of nitrogens with one attached hydrogen (secondary N) is 1. The number of sulfonamides is 1. The van der Waals surface area contributed by atoms with Gasteiger partial charge in [-0.3, -0.25) is 9.10 Å². The number of thioether (sulfide) groups is 1. The smallest absolute Gasteiger partial charge is 0.268 e. The van der Waals surface area contributed by atoms with Gasteiger partial charge in [0.05, 0.1) is 29.9 Å². The molecule has 0 unspecified atom stereocenters. The summed E-state index contributed by atoms with van der Waals surface area (Å²) >= 11 is 7.40. The Balaban J connectivity index is 1.45. The van der Waals surface area contributed by atoms with Crippen LogP contribution in [0, 0.1) is 0 Å². The van der Waals surface area contributed by atoms with Crippen molar-refractivity contribution in [3.8, 4) is 11.3 Å². The Morgan fingerprint density at radius 3 is 2.46 bits per heavy atom. The number of aromatic nitrogens is 2. The van der Waals surface area contributed by atoms with E-state index in [1.54, 1.807) is 30.3 Å². The fourth-order valence-electron chi connectivity index (χ4n) is 3.74. The molecule has 7 nitrogen and oxygen atoms in total. The average molecular weight is 523 g/mol. The van der Waals surface area contributed by atoms with E-state index in [1.165, 1.54) is 10.5 Å². The van der Waals surface area contributed by atoms with Crippen molar-refractivity contribution >= 4 is 50.7 Å². The number of hydrogen-bond donors (Lipinski definition) is 1. The molecule has 10 heteroatoms. The van der Waals surface area contributed by atoms with Gasteiger partial charge in [-0.25, -0.2) is 18.4 Å². The third kappa shape index (κ3) is 4.88. The van der Waals surface area contributed by atoms with E-state index in [2.05, 4.69) is 15.3 Å². The number of carbonyl (C=O) groups is 1. The SMILES string of the molecule is O=C(CSc1ncc2c(n1)-c1cc(Cl)ccc1N(Cc1ccccc1)S2(=O)=O)Nc1ccccc1. The Morgan fingerprint density at radius 2 is 1.71 bits per heavy atom. The molecule has 1 amide bonds. The van der Waals surface area contributed by atoms with Gasteiger partial charge in [-0.2, -0.15) is 0 Å². The first kappa shape index (κ1) is 23.3. The molecule has 1 aliphatic heterocycles. The van der Waals surface area contributed by atoms with Crippen LogP contribution >= 0.6 is 23.4 Å². The number of benzene rings is 3. The van der Waals surface area contributed by atoms with E-state index in [4.69, 9.17) is 11.6 Å². The molecule has 1 N–H and O–H groups in total. The molecule has 0 spiro atoms. The number of halogens is 1. The summed E-state index contributed by atoms with van der Waals surface area (Å²) in [7, 11) is -3.92. The Bertz CT molecular complexity index is 1500. The van der Waals surface area contributed by atoms with E-state index >= 15 is 0 Å². The summed E-state index contributed by atoms with van der Waals surface area (Å²) < 4.78 is 28.5. The summed E-state index contributed by atoms with van der Waals surface area (Å²) in [5.41, 5.74) is 2.89. The fourth-order valence-corrected chi connectivity index (χ4v) is 6.09. The lowest BCUT2D eigenvalue weighted by Gasteiger charge is -2.31. The number of rotatable bonds is 6. The van der Waals surface area contributed by atoms with Crippen LogP contribution in [-0.2, 0) is 21.4 Å². The standard InChI is InChI=1S/C25H19ClN4O3S2/c26-18-11-12-21-20(13-18)24-22(35(32,33)30(21)15-17-7-3-1-4-8-17)14-27-25(29-24)34-16-23(31)28-19-9-5-2-6-10-19/h1-14H,15-16H2,(H,28,31). The minimum atomic E-state index is -3.92. The predicted octanol–water partition coefficient (Wildman–Crippen LogP) is 5.24. The third-order valence-corrected chi connectivity index (χ3v) is 8.20. The van der Waals surface area contributed by atoms with E-state index in [1.807, 2.05) is 48.5 Å². The minimum Gasteiger partial charge on any atom is -0.325 e. The molecule has 1 aliphatic rings. The Hall–Kier alpha value is -3.40. The lowest BCUT2D eigenvalue weighted by molar-refractivity contribution is -0.113. The van der Waals surface area contributed by atoms with Gasteiger partial charge in [0.2, 0.25) is 5.91 Å². The van der Waals surface area contributed by atoms with Gasteiger partial charge in [0.15, 0.2) is 5.16 Å². The predicted molar refractivity (Wildman–Crippen MR) is 138 cm³/mol. The van der Waals surface area contributed by atoms with Crippen LogP contribution < -0.4 is 9.62 Å². The second kappa shape index (κ2) is 9.69. The monoisotopic (exact) mass is 522 g/mol. The second-order valence-corrected chi connectivity index (χ2v) is 10.9. The normalized spacial score (nSPS) is 13.6. The van der Waals surface area contributed by atoms with Crippen molar-refractivity contribution in [1.82, 2.24) is 9.97 Å². The summed E-state index contributed by atoms with van der Waals surface area (Å²) in [5.74, 6) is -0.143. The van der Waals surface area contributed by atoms with Gasteiger partial charge in [0.25, 0.3) is 10.0 Å². The number of para-hydroxylation sites is 1. The summed E-state index contributed by atoms with van der Waals surface area (Å²) in [6.07, 6.45) is 1.30. The highest BCUT2D eigenvalue weighted by Gasteiger charge is 2.37. The average Bonchev–Trinajstić information content (AvgIpc) is 2.86. The molecular weight excluding hydrogens is 504 g/mol. The van der Waals surface area contributed by atoms with E-state index in [0.29, 0.717) is 27.1 Å². The van der Waals surface area contributed by atoms with Gasteiger partial charge in [-0.05, 0) is 35.9 Å². The number of hydrogen-bond acceptors (Lipinski definition) is 6. The van der Waals surface area contributed by atoms with Gasteiger partial charge in [0, 0.05) is 16.3 Å². The molecule has 0 fully saturated rings. The quantitative estimate of drug-likeness (QED) is 0.275. The fraction of sp³-hybridized carbons (Fsp3) is 0.0800. The van der Waals surface area contributed by atoms with Crippen LogP contribution in [0.5, 0.6) is 0 Å². The maximum absolute atomic E-state index is 13.6. The molecule has 2 heterocycles. The largest absolute Gasteiger partial charge is 0.325 e. The zero-order valence-corrected chi connectivity index (χ0v) is 20.6. The van der Waals surface area contributed by atoms with Gasteiger partial charge < -0.3 is 5.32 Å². The van der Waals surface area contributed by atoms with Crippen molar-refractivity contribution in [3.05, 3.63) is 95.6 Å². The molecule has 0 saturated carbocycles. The Morgan fingerprint density at radius 1 is 1.00 bits per heavy atom. The number of amides is 1. The van der Waals surface area contributed by atoms with Crippen LogP contribution in [0.1, 0.15) is 5.56 Å². The van der Waals surface area contributed by atoms with E-state index in [0.717, 1.165) is 17.3 Å². The number of anilines is 2. The van der Waals surface area contributed by atoms with Crippen LogP contribution in [0.15, 0.2) is 95.1 Å².